The number of anilines is 1. The van der Waals surface area contributed by atoms with Gasteiger partial charge >= 0.3 is 18.2 Å². The van der Waals surface area contributed by atoms with E-state index in [4.69, 9.17) is 26.7 Å². The maximum atomic E-state index is 13.5. The molecule has 3 aromatic carbocycles. The van der Waals surface area contributed by atoms with E-state index < -0.39 is 47.7 Å². The summed E-state index contributed by atoms with van der Waals surface area (Å²) in [6.45, 7) is 7.74. The highest BCUT2D eigenvalue weighted by Gasteiger charge is 2.33. The fourth-order valence-electron chi connectivity index (χ4n) is 5.35. The molecule has 0 fully saturated rings. The van der Waals surface area contributed by atoms with Crippen molar-refractivity contribution in [3.05, 3.63) is 90.0 Å². The molecular formula is C39H53N7O7. The molecule has 14 heteroatoms. The standard InChI is InChI=1S/C39H53N7O7/c1-26(2)33(40)35(48)46(32(34(41)47)13-10-22-43-36(42)49)31-20-14-27(15-21-31)25-52-37(50)44(5)23-24-45(6)38(51)53-39(3,4)30-18-16-29(17-19-30)28-11-8-7-9-12-28/h7-9,11-12,14-21,26,32-33H,10,13,22-25,40H2,1-6H3,(H2,41,47)(H3,42,43,49)/t32-,33-/m0/s1. The van der Waals surface area contributed by atoms with Crippen LogP contribution in [0.3, 0.4) is 0 Å². The zero-order valence-corrected chi connectivity index (χ0v) is 31.4. The minimum Gasteiger partial charge on any atom is -0.445 e. The Morgan fingerprint density at radius 2 is 1.36 bits per heavy atom. The van der Waals surface area contributed by atoms with E-state index in [1.165, 1.54) is 14.7 Å². The number of nitrogens with zero attached hydrogens (tertiary/aromatic N) is 3. The van der Waals surface area contributed by atoms with Gasteiger partial charge in [-0.25, -0.2) is 14.4 Å². The van der Waals surface area contributed by atoms with Crippen LogP contribution in [0.2, 0.25) is 0 Å². The third kappa shape index (κ3) is 12.2. The molecule has 3 aromatic rings. The molecule has 0 bridgehead atoms. The first kappa shape index (κ1) is 41.8. The van der Waals surface area contributed by atoms with Gasteiger partial charge in [-0.2, -0.15) is 0 Å². The fraction of sp³-hybridized carbons (Fsp3) is 0.410. The van der Waals surface area contributed by atoms with E-state index in [0.717, 1.165) is 16.7 Å². The summed E-state index contributed by atoms with van der Waals surface area (Å²) in [6, 6.07) is 21.8. The van der Waals surface area contributed by atoms with E-state index in [2.05, 4.69) is 5.32 Å². The fourth-order valence-corrected chi connectivity index (χ4v) is 5.35. The summed E-state index contributed by atoms with van der Waals surface area (Å²) in [5, 5.41) is 2.46. The molecule has 286 valence electrons. The van der Waals surface area contributed by atoms with Gasteiger partial charge in [-0.15, -0.1) is 0 Å². The molecular weight excluding hydrogens is 678 g/mol. The highest BCUT2D eigenvalue weighted by atomic mass is 16.6. The van der Waals surface area contributed by atoms with E-state index in [-0.39, 0.29) is 38.6 Å². The second-order valence-corrected chi connectivity index (χ2v) is 13.7. The van der Waals surface area contributed by atoms with Crippen molar-refractivity contribution < 1.29 is 33.4 Å². The molecule has 14 nitrogen and oxygen atoms in total. The Hall–Kier alpha value is -5.63. The first-order valence-electron chi connectivity index (χ1n) is 17.5. The summed E-state index contributed by atoms with van der Waals surface area (Å²) >= 11 is 0. The number of rotatable bonds is 17. The van der Waals surface area contributed by atoms with Crippen molar-refractivity contribution in [2.45, 2.75) is 64.8 Å². The van der Waals surface area contributed by atoms with Gasteiger partial charge in [0.15, 0.2) is 0 Å². The number of nitrogens with two attached hydrogens (primary N) is 3. The monoisotopic (exact) mass is 731 g/mol. The van der Waals surface area contributed by atoms with Crippen LogP contribution in [0.4, 0.5) is 20.1 Å². The van der Waals surface area contributed by atoms with E-state index in [9.17, 15) is 24.0 Å². The molecule has 7 N–H and O–H groups in total. The predicted molar refractivity (Wildman–Crippen MR) is 203 cm³/mol. The molecule has 0 aliphatic rings. The van der Waals surface area contributed by atoms with Crippen LogP contribution < -0.4 is 27.4 Å². The van der Waals surface area contributed by atoms with E-state index in [0.29, 0.717) is 17.7 Å². The third-order valence-corrected chi connectivity index (χ3v) is 8.84. The van der Waals surface area contributed by atoms with Crippen LogP contribution in [-0.4, -0.2) is 85.6 Å². The van der Waals surface area contributed by atoms with Gasteiger partial charge in [0.25, 0.3) is 0 Å². The maximum Gasteiger partial charge on any atom is 0.410 e. The summed E-state index contributed by atoms with van der Waals surface area (Å²) in [5.41, 5.74) is 20.2. The Kier molecular flexibility index (Phi) is 15.2. The zero-order valence-electron chi connectivity index (χ0n) is 31.4. The molecule has 0 aliphatic heterocycles. The van der Waals surface area contributed by atoms with Crippen LogP contribution in [-0.2, 0) is 31.3 Å². The molecule has 3 rings (SSSR count). The van der Waals surface area contributed by atoms with Gasteiger partial charge in [0.2, 0.25) is 11.8 Å². The Morgan fingerprint density at radius 3 is 1.91 bits per heavy atom. The first-order valence-corrected chi connectivity index (χ1v) is 17.5. The van der Waals surface area contributed by atoms with Crippen molar-refractivity contribution in [2.75, 3.05) is 38.6 Å². The second-order valence-electron chi connectivity index (χ2n) is 13.7. The number of likely N-dealkylation sites (N-methyl/N-ethyl adjacent to an activating group) is 2. The Balaban J connectivity index is 1.55. The van der Waals surface area contributed by atoms with E-state index in [1.54, 1.807) is 52.2 Å². The molecule has 0 heterocycles. The largest absolute Gasteiger partial charge is 0.445 e. The molecule has 2 atom stereocenters. The summed E-state index contributed by atoms with van der Waals surface area (Å²) in [7, 11) is 3.16. The average Bonchev–Trinajstić information content (AvgIpc) is 3.13. The van der Waals surface area contributed by atoms with Gasteiger partial charge in [-0.05, 0) is 67.0 Å². The van der Waals surface area contributed by atoms with Crippen LogP contribution in [0.15, 0.2) is 78.9 Å². The van der Waals surface area contributed by atoms with Gasteiger partial charge in [-0.3, -0.25) is 14.5 Å². The lowest BCUT2D eigenvalue weighted by Crippen LogP contribution is -2.55. The predicted octanol–water partition coefficient (Wildman–Crippen LogP) is 4.54. The smallest absolute Gasteiger partial charge is 0.410 e. The third-order valence-electron chi connectivity index (χ3n) is 8.84. The Morgan fingerprint density at radius 1 is 0.792 bits per heavy atom. The lowest BCUT2D eigenvalue weighted by Gasteiger charge is -2.33. The molecule has 0 radical (unpaired) electrons. The SMILES string of the molecule is CC(C)[C@H](N)C(=O)N(c1ccc(COC(=O)N(C)CCN(C)C(=O)OC(C)(C)c2ccc(-c3ccccc3)cc2)cc1)[C@@H](CCCNC(N)=O)C(N)=O. The summed E-state index contributed by atoms with van der Waals surface area (Å²) in [4.78, 5) is 66.9. The molecule has 0 aromatic heterocycles. The van der Waals surface area contributed by atoms with Crippen molar-refractivity contribution in [3.63, 3.8) is 0 Å². The number of hydrogen-bond acceptors (Lipinski definition) is 8. The van der Waals surface area contributed by atoms with E-state index in [1.807, 2.05) is 68.4 Å². The minimum atomic E-state index is -1.03. The quantitative estimate of drug-likeness (QED) is 0.145. The number of primary amides is 2. The molecule has 0 saturated carbocycles. The lowest BCUT2D eigenvalue weighted by molar-refractivity contribution is -0.126. The topological polar surface area (TPSA) is 204 Å². The molecule has 6 amide bonds. The van der Waals surface area contributed by atoms with Crippen LogP contribution in [0.5, 0.6) is 0 Å². The van der Waals surface area contributed by atoms with Gasteiger partial charge in [-0.1, -0.05) is 80.6 Å². The number of amides is 6. The van der Waals surface area contributed by atoms with Crippen LogP contribution in [0.25, 0.3) is 11.1 Å². The van der Waals surface area contributed by atoms with Crippen molar-refractivity contribution in [1.29, 1.82) is 0 Å². The van der Waals surface area contributed by atoms with E-state index >= 15 is 0 Å². The average molecular weight is 732 g/mol. The van der Waals surface area contributed by atoms with Gasteiger partial charge in [0.05, 0.1) is 6.04 Å². The van der Waals surface area contributed by atoms with Crippen LogP contribution in [0, 0.1) is 5.92 Å². The number of urea groups is 1. The normalized spacial score (nSPS) is 12.3. The van der Waals surface area contributed by atoms with Gasteiger partial charge < -0.3 is 41.8 Å². The molecule has 0 aliphatic carbocycles. The number of benzene rings is 3. The molecule has 0 saturated heterocycles. The Bertz CT molecular complexity index is 1680. The van der Waals surface area contributed by atoms with Gasteiger partial charge in [0, 0.05) is 39.4 Å². The number of nitrogens with one attached hydrogen (secondary N) is 1. The number of carbonyl (C=O) groups excluding carboxylic acids is 5. The molecule has 0 unspecified atom stereocenters. The molecule has 0 spiro atoms. The summed E-state index contributed by atoms with van der Waals surface area (Å²) in [5.74, 6) is -1.43. The van der Waals surface area contributed by atoms with Gasteiger partial charge in [0.1, 0.15) is 18.2 Å². The minimum absolute atomic E-state index is 0.0733. The number of ether oxygens (including phenoxy) is 2. The summed E-state index contributed by atoms with van der Waals surface area (Å²) in [6.07, 6.45) is -0.650. The molecule has 53 heavy (non-hydrogen) atoms. The van der Waals surface area contributed by atoms with Crippen molar-refractivity contribution >= 4 is 35.7 Å². The summed E-state index contributed by atoms with van der Waals surface area (Å²) < 4.78 is 11.3. The van der Waals surface area contributed by atoms with Crippen LogP contribution >= 0.6 is 0 Å². The lowest BCUT2D eigenvalue weighted by atomic mass is 9.95. The number of carbonyl (C=O) groups is 5. The van der Waals surface area contributed by atoms with Crippen molar-refractivity contribution in [3.8, 4) is 11.1 Å². The van der Waals surface area contributed by atoms with Crippen molar-refractivity contribution in [2.24, 2.45) is 23.1 Å². The highest BCUT2D eigenvalue weighted by Crippen LogP contribution is 2.28. The van der Waals surface area contributed by atoms with Crippen molar-refractivity contribution in [1.82, 2.24) is 15.1 Å². The zero-order chi connectivity index (χ0) is 39.3. The highest BCUT2D eigenvalue weighted by molar-refractivity contribution is 6.03. The van der Waals surface area contributed by atoms with Crippen LogP contribution in [0.1, 0.15) is 51.7 Å². The maximum absolute atomic E-state index is 13.5. The number of hydrogen-bond donors (Lipinski definition) is 4. The first-order chi connectivity index (χ1) is 25.0. The second kappa shape index (κ2) is 19.3. The Labute approximate surface area is 311 Å².